The van der Waals surface area contributed by atoms with E-state index in [1.165, 1.54) is 11.5 Å². The molecule has 0 heterocycles. The first-order valence-corrected chi connectivity index (χ1v) is 11.9. The van der Waals surface area contributed by atoms with Crippen molar-refractivity contribution in [3.8, 4) is 17.2 Å². The Morgan fingerprint density at radius 3 is 1.76 bits per heavy atom. The molecule has 1 aliphatic carbocycles. The maximum absolute atomic E-state index is 9.80. The van der Waals surface area contributed by atoms with Crippen LogP contribution in [0, 0.1) is 31.6 Å². The molecule has 3 aromatic rings. The molecule has 34 heavy (non-hydrogen) atoms. The molecule has 0 amide bonds. The number of benzene rings is 3. The van der Waals surface area contributed by atoms with Crippen molar-refractivity contribution in [1.29, 1.82) is 0 Å². The van der Waals surface area contributed by atoms with E-state index in [9.17, 15) is 10.2 Å². The lowest BCUT2D eigenvalue weighted by Crippen LogP contribution is -2.00. The summed E-state index contributed by atoms with van der Waals surface area (Å²) in [5.41, 5.74) is 5.46. The van der Waals surface area contributed by atoms with Crippen LogP contribution in [0.4, 0.5) is 0 Å². The summed E-state index contributed by atoms with van der Waals surface area (Å²) in [6, 6.07) is 22.9. The number of unbranched alkanes of at least 4 members (excludes halogenated alkanes) is 1. The van der Waals surface area contributed by atoms with Gasteiger partial charge in [0.2, 0.25) is 0 Å². The van der Waals surface area contributed by atoms with Gasteiger partial charge in [-0.25, -0.2) is 0 Å². The second-order valence-electron chi connectivity index (χ2n) is 8.42. The molecule has 0 spiro atoms. The van der Waals surface area contributed by atoms with Gasteiger partial charge in [0.1, 0.15) is 17.2 Å². The zero-order chi connectivity index (χ0) is 23.8. The van der Waals surface area contributed by atoms with Crippen LogP contribution in [0.1, 0.15) is 49.3 Å². The van der Waals surface area contributed by atoms with Crippen molar-refractivity contribution in [3.05, 3.63) is 121 Å². The van der Waals surface area contributed by atoms with Crippen molar-refractivity contribution in [2.75, 3.05) is 6.61 Å². The fourth-order valence-corrected chi connectivity index (χ4v) is 4.25. The van der Waals surface area contributed by atoms with Gasteiger partial charge in [-0.2, -0.15) is 0 Å². The lowest BCUT2D eigenvalue weighted by atomic mass is 9.88. The van der Waals surface area contributed by atoms with Crippen LogP contribution in [0.2, 0.25) is 0 Å². The van der Waals surface area contributed by atoms with E-state index in [0.29, 0.717) is 6.61 Å². The van der Waals surface area contributed by atoms with Gasteiger partial charge in [0.25, 0.3) is 0 Å². The minimum atomic E-state index is 0.243. The van der Waals surface area contributed by atoms with E-state index in [1.807, 2.05) is 36.4 Å². The van der Waals surface area contributed by atoms with Crippen LogP contribution in [0.25, 0.3) is 11.1 Å². The van der Waals surface area contributed by atoms with Crippen molar-refractivity contribution >= 4 is 11.1 Å². The Hall–Kier alpha value is -3.20. The van der Waals surface area contributed by atoms with E-state index in [-0.39, 0.29) is 11.5 Å². The van der Waals surface area contributed by atoms with Gasteiger partial charge < -0.3 is 14.9 Å². The van der Waals surface area contributed by atoms with Crippen LogP contribution in [0.3, 0.4) is 0 Å². The second-order valence-corrected chi connectivity index (χ2v) is 8.42. The molecule has 3 nitrogen and oxygen atoms in total. The Kier molecular flexibility index (Phi) is 8.30. The lowest BCUT2D eigenvalue weighted by Gasteiger charge is -2.17. The average molecular weight is 452 g/mol. The van der Waals surface area contributed by atoms with Gasteiger partial charge in [-0.1, -0.05) is 43.3 Å². The third kappa shape index (κ3) is 6.22. The van der Waals surface area contributed by atoms with Gasteiger partial charge in [0.15, 0.2) is 0 Å². The minimum absolute atomic E-state index is 0.243. The smallest absolute Gasteiger partial charge is 0.119 e. The summed E-state index contributed by atoms with van der Waals surface area (Å²) in [4.78, 5) is 0. The quantitative estimate of drug-likeness (QED) is 0.249. The number of rotatable bonds is 10. The number of aromatic hydroxyl groups is 2. The third-order valence-electron chi connectivity index (χ3n) is 6.03. The standard InChI is InChI=1S/C31H31O3/c1-2-30(24-10-16-27(32)17-11-24)31(25-12-18-28(33)19-13-25)26-14-20-29(21-15-26)34-22-6-5-9-23-7-3-4-8-23/h3-4,7-8,10-21,32-33H,2,5-6,9,22H2,1H3/b31-30-. The van der Waals surface area contributed by atoms with Crippen molar-refractivity contribution < 1.29 is 14.9 Å². The van der Waals surface area contributed by atoms with Crippen molar-refractivity contribution in [2.24, 2.45) is 0 Å². The maximum Gasteiger partial charge on any atom is 0.119 e. The highest BCUT2D eigenvalue weighted by Gasteiger charge is 2.16. The van der Waals surface area contributed by atoms with Crippen LogP contribution in [-0.2, 0) is 0 Å². The number of phenols is 2. The molecule has 5 radical (unpaired) electrons. The first-order valence-electron chi connectivity index (χ1n) is 11.9. The van der Waals surface area contributed by atoms with Crippen LogP contribution in [-0.4, -0.2) is 16.8 Å². The summed E-state index contributed by atoms with van der Waals surface area (Å²) in [6.07, 6.45) is 12.5. The Bertz CT molecular complexity index is 1060. The molecule has 0 bridgehead atoms. The molecule has 4 rings (SSSR count). The summed E-state index contributed by atoms with van der Waals surface area (Å²) in [5.74, 6) is 2.75. The largest absolute Gasteiger partial charge is 0.508 e. The Morgan fingerprint density at radius 2 is 1.21 bits per heavy atom. The molecule has 1 aliphatic rings. The first-order chi connectivity index (χ1) is 16.6. The molecular formula is C31H31O3. The number of hydrogen-bond acceptors (Lipinski definition) is 3. The lowest BCUT2D eigenvalue weighted by molar-refractivity contribution is 0.306. The fourth-order valence-electron chi connectivity index (χ4n) is 4.25. The van der Waals surface area contributed by atoms with E-state index in [1.54, 1.807) is 24.3 Å². The van der Waals surface area contributed by atoms with Crippen LogP contribution in [0.5, 0.6) is 17.2 Å². The van der Waals surface area contributed by atoms with Gasteiger partial charge in [-0.05, 0) is 122 Å². The number of ether oxygens (including phenoxy) is 1. The first kappa shape index (κ1) is 23.9. The summed E-state index contributed by atoms with van der Waals surface area (Å²) in [5, 5.41) is 19.5. The molecule has 0 aromatic heterocycles. The van der Waals surface area contributed by atoms with E-state index in [0.717, 1.165) is 53.7 Å². The van der Waals surface area contributed by atoms with Crippen molar-refractivity contribution in [2.45, 2.75) is 32.6 Å². The zero-order valence-corrected chi connectivity index (χ0v) is 19.6. The van der Waals surface area contributed by atoms with Crippen LogP contribution >= 0.6 is 0 Å². The predicted octanol–water partition coefficient (Wildman–Crippen LogP) is 7.42. The Balaban J connectivity index is 1.52. The van der Waals surface area contributed by atoms with Crippen LogP contribution < -0.4 is 4.74 Å². The Morgan fingerprint density at radius 1 is 0.676 bits per heavy atom. The third-order valence-corrected chi connectivity index (χ3v) is 6.03. The minimum Gasteiger partial charge on any atom is -0.508 e. The molecule has 2 N–H and O–H groups in total. The zero-order valence-electron chi connectivity index (χ0n) is 19.6. The van der Waals surface area contributed by atoms with Gasteiger partial charge in [-0.3, -0.25) is 0 Å². The molecular weight excluding hydrogens is 420 g/mol. The maximum atomic E-state index is 9.80. The summed E-state index contributed by atoms with van der Waals surface area (Å²) in [7, 11) is 0. The SMILES string of the molecule is CC/C(=C(\c1ccc(O)cc1)c1ccc(OCCCC[C]2[CH][CH][CH][CH]2)cc1)c1ccc(O)cc1. The monoisotopic (exact) mass is 451 g/mol. The average Bonchev–Trinajstić information content (AvgIpc) is 3.38. The highest BCUT2D eigenvalue weighted by atomic mass is 16.5. The van der Waals surface area contributed by atoms with E-state index >= 15 is 0 Å². The van der Waals surface area contributed by atoms with Crippen molar-refractivity contribution in [3.63, 3.8) is 0 Å². The number of hydrogen-bond donors (Lipinski definition) is 2. The molecule has 1 fully saturated rings. The molecule has 3 aromatic carbocycles. The summed E-state index contributed by atoms with van der Waals surface area (Å²) >= 11 is 0. The Labute approximate surface area is 203 Å². The van der Waals surface area contributed by atoms with E-state index in [2.05, 4.69) is 44.7 Å². The van der Waals surface area contributed by atoms with E-state index < -0.39 is 0 Å². The van der Waals surface area contributed by atoms with Crippen LogP contribution in [0.15, 0.2) is 72.8 Å². The molecule has 0 unspecified atom stereocenters. The molecule has 0 saturated heterocycles. The van der Waals surface area contributed by atoms with Gasteiger partial charge in [0.05, 0.1) is 6.61 Å². The molecule has 0 atom stereocenters. The molecule has 173 valence electrons. The molecule has 0 aliphatic heterocycles. The number of allylic oxidation sites excluding steroid dienone is 1. The fraction of sp³-hybridized carbons (Fsp3) is 0.194. The predicted molar refractivity (Wildman–Crippen MR) is 139 cm³/mol. The van der Waals surface area contributed by atoms with E-state index in [4.69, 9.17) is 4.74 Å². The normalized spacial score (nSPS) is 14.7. The highest BCUT2D eigenvalue weighted by molar-refractivity contribution is 5.98. The second kappa shape index (κ2) is 11.8. The van der Waals surface area contributed by atoms with Gasteiger partial charge in [-0.15, -0.1) is 0 Å². The van der Waals surface area contributed by atoms with Crippen molar-refractivity contribution in [1.82, 2.24) is 0 Å². The molecule has 1 saturated carbocycles. The van der Waals surface area contributed by atoms with Gasteiger partial charge >= 0.3 is 0 Å². The van der Waals surface area contributed by atoms with Gasteiger partial charge in [0, 0.05) is 0 Å². The number of phenolic OH excluding ortho intramolecular Hbond substituents is 2. The summed E-state index contributed by atoms with van der Waals surface area (Å²) < 4.78 is 5.99. The molecule has 3 heteroatoms. The summed E-state index contributed by atoms with van der Waals surface area (Å²) in [6.45, 7) is 2.84. The highest BCUT2D eigenvalue weighted by Crippen LogP contribution is 2.36. The topological polar surface area (TPSA) is 49.7 Å².